The molecule has 0 bridgehead atoms. The molecule has 0 saturated carbocycles. The summed E-state index contributed by atoms with van der Waals surface area (Å²) in [6, 6.07) is 4.58. The molecule has 0 aliphatic rings. The summed E-state index contributed by atoms with van der Waals surface area (Å²) in [6.07, 6.45) is 0.512. The Morgan fingerprint density at radius 1 is 1.35 bits per heavy atom. The van der Waals surface area contributed by atoms with Gasteiger partial charge >= 0.3 is 0 Å². The Hall–Kier alpha value is -1.92. The van der Waals surface area contributed by atoms with Gasteiger partial charge < -0.3 is 9.63 Å². The van der Waals surface area contributed by atoms with Crippen LogP contribution in [0.5, 0.6) is 5.75 Å². The summed E-state index contributed by atoms with van der Waals surface area (Å²) in [6.45, 7) is 1.94. The summed E-state index contributed by atoms with van der Waals surface area (Å²) in [7, 11) is 0. The molecular formula is C13H10ClN3O2S. The fourth-order valence-electron chi connectivity index (χ4n) is 1.73. The molecule has 102 valence electrons. The molecular weight excluding hydrogens is 298 g/mol. The van der Waals surface area contributed by atoms with Crippen LogP contribution in [-0.2, 0) is 6.42 Å². The molecule has 2 heterocycles. The number of thiazole rings is 1. The number of aromatic nitrogens is 3. The van der Waals surface area contributed by atoms with E-state index in [1.54, 1.807) is 17.4 Å². The fourth-order valence-corrected chi connectivity index (χ4v) is 2.70. The maximum Gasteiger partial charge on any atom is 0.259 e. The third-order valence-electron chi connectivity index (χ3n) is 2.62. The van der Waals surface area contributed by atoms with Gasteiger partial charge in [-0.3, -0.25) is 0 Å². The first-order chi connectivity index (χ1) is 9.61. The van der Waals surface area contributed by atoms with Crippen LogP contribution in [0.4, 0.5) is 0 Å². The molecule has 1 N–H and O–H groups in total. The number of rotatable bonds is 3. The van der Waals surface area contributed by atoms with Crippen molar-refractivity contribution < 1.29 is 9.63 Å². The van der Waals surface area contributed by atoms with E-state index in [2.05, 4.69) is 15.1 Å². The monoisotopic (exact) mass is 307 g/mol. The number of aryl methyl sites for hydroxylation is 1. The van der Waals surface area contributed by atoms with Crippen molar-refractivity contribution in [3.05, 3.63) is 45.1 Å². The van der Waals surface area contributed by atoms with Crippen molar-refractivity contribution in [3.63, 3.8) is 0 Å². The van der Waals surface area contributed by atoms with E-state index in [0.29, 0.717) is 22.8 Å². The van der Waals surface area contributed by atoms with Crippen LogP contribution in [-0.4, -0.2) is 20.2 Å². The molecule has 5 nitrogen and oxygen atoms in total. The lowest BCUT2D eigenvalue weighted by Gasteiger charge is -1.98. The molecule has 0 amide bonds. The molecule has 0 fully saturated rings. The Labute approximate surface area is 123 Å². The Morgan fingerprint density at radius 2 is 2.20 bits per heavy atom. The Bertz CT molecular complexity index is 754. The molecule has 0 saturated heterocycles. The lowest BCUT2D eigenvalue weighted by molar-refractivity contribution is 0.423. The summed E-state index contributed by atoms with van der Waals surface area (Å²) in [4.78, 5) is 8.63. The second-order valence-corrected chi connectivity index (χ2v) is 5.59. The van der Waals surface area contributed by atoms with Gasteiger partial charge in [-0.1, -0.05) is 16.8 Å². The first kappa shape index (κ1) is 13.1. The highest BCUT2D eigenvalue weighted by Crippen LogP contribution is 2.30. The lowest BCUT2D eigenvalue weighted by atomic mass is 10.2. The first-order valence-corrected chi connectivity index (χ1v) is 7.10. The van der Waals surface area contributed by atoms with Gasteiger partial charge in [-0.05, 0) is 25.1 Å². The van der Waals surface area contributed by atoms with Crippen molar-refractivity contribution in [1.29, 1.82) is 0 Å². The van der Waals surface area contributed by atoms with Gasteiger partial charge in [0.2, 0.25) is 0 Å². The third-order valence-corrected chi connectivity index (χ3v) is 3.92. The van der Waals surface area contributed by atoms with E-state index >= 15 is 0 Å². The van der Waals surface area contributed by atoms with Gasteiger partial charge in [0.05, 0.1) is 17.0 Å². The Morgan fingerprint density at radius 3 is 2.95 bits per heavy atom. The summed E-state index contributed by atoms with van der Waals surface area (Å²) >= 11 is 7.61. The van der Waals surface area contributed by atoms with Crippen LogP contribution in [0.1, 0.15) is 16.5 Å². The van der Waals surface area contributed by atoms with Gasteiger partial charge in [0.25, 0.3) is 5.89 Å². The van der Waals surface area contributed by atoms with E-state index in [-0.39, 0.29) is 11.6 Å². The normalized spacial score (nSPS) is 10.9. The summed E-state index contributed by atoms with van der Waals surface area (Å²) in [5.74, 6) is 0.919. The molecule has 0 spiro atoms. The number of benzene rings is 1. The summed E-state index contributed by atoms with van der Waals surface area (Å²) in [5, 5.41) is 16.7. The second-order valence-electron chi connectivity index (χ2n) is 4.24. The minimum atomic E-state index is 0.0969. The molecule has 0 atom stereocenters. The molecule has 7 heteroatoms. The number of aromatic hydroxyl groups is 1. The summed E-state index contributed by atoms with van der Waals surface area (Å²) in [5.41, 5.74) is 1.49. The highest BCUT2D eigenvalue weighted by molar-refractivity contribution is 7.09. The zero-order valence-corrected chi connectivity index (χ0v) is 12.1. The van der Waals surface area contributed by atoms with Crippen LogP contribution in [0.2, 0.25) is 5.02 Å². The second kappa shape index (κ2) is 5.22. The minimum absolute atomic E-state index is 0.0969. The van der Waals surface area contributed by atoms with E-state index < -0.39 is 0 Å². The Balaban J connectivity index is 1.88. The number of nitrogens with zero attached hydrogens (tertiary/aromatic N) is 3. The maximum absolute atomic E-state index is 9.49. The highest BCUT2D eigenvalue weighted by Gasteiger charge is 2.14. The zero-order valence-electron chi connectivity index (χ0n) is 10.5. The van der Waals surface area contributed by atoms with Crippen LogP contribution in [0.3, 0.4) is 0 Å². The minimum Gasteiger partial charge on any atom is -0.508 e. The van der Waals surface area contributed by atoms with Gasteiger partial charge in [-0.25, -0.2) is 4.98 Å². The average molecular weight is 308 g/mol. The van der Waals surface area contributed by atoms with Gasteiger partial charge in [-0.15, -0.1) is 11.3 Å². The predicted molar refractivity (Wildman–Crippen MR) is 76.1 cm³/mol. The molecule has 0 radical (unpaired) electrons. The molecule has 20 heavy (non-hydrogen) atoms. The van der Waals surface area contributed by atoms with Gasteiger partial charge in [-0.2, -0.15) is 4.98 Å². The number of phenolic OH excluding ortho intramolecular Hbond substituents is 1. The van der Waals surface area contributed by atoms with E-state index in [1.807, 2.05) is 12.3 Å². The molecule has 0 unspecified atom stereocenters. The van der Waals surface area contributed by atoms with Crippen LogP contribution in [0.15, 0.2) is 28.1 Å². The van der Waals surface area contributed by atoms with Crippen molar-refractivity contribution >= 4 is 22.9 Å². The lowest BCUT2D eigenvalue weighted by Crippen LogP contribution is -1.90. The quantitative estimate of drug-likeness (QED) is 0.802. The van der Waals surface area contributed by atoms with Crippen molar-refractivity contribution in [3.8, 4) is 17.2 Å². The van der Waals surface area contributed by atoms with Crippen molar-refractivity contribution in [2.24, 2.45) is 0 Å². The maximum atomic E-state index is 9.49. The molecule has 2 aromatic heterocycles. The van der Waals surface area contributed by atoms with E-state index in [1.165, 1.54) is 12.1 Å². The number of halogens is 1. The highest BCUT2D eigenvalue weighted by atomic mass is 35.5. The smallest absolute Gasteiger partial charge is 0.259 e. The molecule has 1 aromatic carbocycles. The topological polar surface area (TPSA) is 72.0 Å². The predicted octanol–water partition coefficient (Wildman–Crippen LogP) is 3.45. The number of hydrogen-bond donors (Lipinski definition) is 1. The molecule has 0 aliphatic carbocycles. The number of phenols is 1. The van der Waals surface area contributed by atoms with Gasteiger partial charge in [0.1, 0.15) is 10.8 Å². The SMILES string of the molecule is Cc1csc(Cc2noc(-c3cc(O)ccc3Cl)n2)n1. The average Bonchev–Trinajstić information content (AvgIpc) is 3.02. The number of hydrogen-bond acceptors (Lipinski definition) is 6. The molecule has 3 rings (SSSR count). The van der Waals surface area contributed by atoms with Crippen molar-refractivity contribution in [1.82, 2.24) is 15.1 Å². The van der Waals surface area contributed by atoms with Crippen LogP contribution in [0, 0.1) is 6.92 Å². The van der Waals surface area contributed by atoms with E-state index in [0.717, 1.165) is 10.7 Å². The summed E-state index contributed by atoms with van der Waals surface area (Å²) < 4.78 is 5.19. The molecule has 3 aromatic rings. The fraction of sp³-hybridized carbons (Fsp3) is 0.154. The van der Waals surface area contributed by atoms with Crippen LogP contribution < -0.4 is 0 Å². The first-order valence-electron chi connectivity index (χ1n) is 5.84. The zero-order chi connectivity index (χ0) is 14.1. The van der Waals surface area contributed by atoms with Crippen LogP contribution in [0.25, 0.3) is 11.5 Å². The van der Waals surface area contributed by atoms with Crippen LogP contribution >= 0.6 is 22.9 Å². The molecule has 0 aliphatic heterocycles. The van der Waals surface area contributed by atoms with Crippen molar-refractivity contribution in [2.75, 3.05) is 0 Å². The van der Waals surface area contributed by atoms with Crippen molar-refractivity contribution in [2.45, 2.75) is 13.3 Å². The van der Waals surface area contributed by atoms with Gasteiger partial charge in [0, 0.05) is 11.1 Å². The van der Waals surface area contributed by atoms with E-state index in [4.69, 9.17) is 16.1 Å². The third kappa shape index (κ3) is 2.66. The Kier molecular flexibility index (Phi) is 3.42. The van der Waals surface area contributed by atoms with E-state index in [9.17, 15) is 5.11 Å². The standard InChI is InChI=1S/C13H10ClN3O2S/c1-7-6-20-12(15-7)5-11-16-13(19-17-11)9-4-8(18)2-3-10(9)14/h2-4,6,18H,5H2,1H3. The van der Waals surface area contributed by atoms with Gasteiger partial charge in [0.15, 0.2) is 5.82 Å². The largest absolute Gasteiger partial charge is 0.508 e.